The second-order valence-corrected chi connectivity index (χ2v) is 7.42. The highest BCUT2D eigenvalue weighted by atomic mass is 16.5. The van der Waals surface area contributed by atoms with E-state index in [-0.39, 0.29) is 29.7 Å². The number of hydrogen-bond acceptors (Lipinski definition) is 6. The number of esters is 2. The minimum atomic E-state index is -0.535. The van der Waals surface area contributed by atoms with Gasteiger partial charge in [-0.3, -0.25) is 14.4 Å². The lowest BCUT2D eigenvalue weighted by molar-refractivity contribution is -0.134. The van der Waals surface area contributed by atoms with Crippen LogP contribution in [-0.4, -0.2) is 43.3 Å². The Labute approximate surface area is 170 Å². The first kappa shape index (κ1) is 20.7. The van der Waals surface area contributed by atoms with Crippen LogP contribution in [0.5, 0.6) is 11.5 Å². The van der Waals surface area contributed by atoms with Gasteiger partial charge in [0.1, 0.15) is 11.5 Å². The van der Waals surface area contributed by atoms with E-state index in [9.17, 15) is 14.4 Å². The average Bonchev–Trinajstić information content (AvgIpc) is 2.78. The second kappa shape index (κ2) is 9.01. The lowest BCUT2D eigenvalue weighted by Crippen LogP contribution is -2.16. The molecule has 0 fully saturated rings. The van der Waals surface area contributed by atoms with Crippen LogP contribution < -0.4 is 9.47 Å². The van der Waals surface area contributed by atoms with Gasteiger partial charge >= 0.3 is 11.9 Å². The quantitative estimate of drug-likeness (QED) is 0.553. The molecule has 0 saturated carbocycles. The van der Waals surface area contributed by atoms with Crippen LogP contribution in [0.15, 0.2) is 36.4 Å². The third kappa shape index (κ3) is 5.09. The first-order chi connectivity index (χ1) is 13.8. The smallest absolute Gasteiger partial charge is 0.311 e. The highest BCUT2D eigenvalue weighted by Crippen LogP contribution is 2.35. The molecule has 2 aromatic rings. The molecular formula is C23H25NO5. The van der Waals surface area contributed by atoms with E-state index in [1.807, 2.05) is 37.2 Å². The topological polar surface area (TPSA) is 72.9 Å². The highest BCUT2D eigenvalue weighted by Gasteiger charge is 2.26. The number of carbonyl (C=O) groups is 3. The Morgan fingerprint density at radius 1 is 1.03 bits per heavy atom. The van der Waals surface area contributed by atoms with Gasteiger partial charge in [-0.1, -0.05) is 24.3 Å². The summed E-state index contributed by atoms with van der Waals surface area (Å²) in [6.45, 7) is 2.06. The van der Waals surface area contributed by atoms with E-state index in [1.165, 1.54) is 13.0 Å². The second-order valence-electron chi connectivity index (χ2n) is 7.42. The number of carbonyl (C=O) groups excluding carboxylic acids is 3. The third-order valence-corrected chi connectivity index (χ3v) is 4.78. The molecule has 1 aliphatic carbocycles. The van der Waals surface area contributed by atoms with E-state index in [4.69, 9.17) is 9.47 Å². The van der Waals surface area contributed by atoms with Crippen LogP contribution in [0.3, 0.4) is 0 Å². The fourth-order valence-electron chi connectivity index (χ4n) is 3.48. The van der Waals surface area contributed by atoms with Gasteiger partial charge in [0.2, 0.25) is 0 Å². The number of hydrogen-bond donors (Lipinski definition) is 0. The van der Waals surface area contributed by atoms with Crippen molar-refractivity contribution in [3.63, 3.8) is 0 Å². The lowest BCUT2D eigenvalue weighted by atomic mass is 9.97. The van der Waals surface area contributed by atoms with Gasteiger partial charge in [-0.15, -0.1) is 0 Å². The molecular weight excluding hydrogens is 370 g/mol. The number of aryl methyl sites for hydroxylation is 2. The molecule has 0 spiro atoms. The van der Waals surface area contributed by atoms with Crippen LogP contribution >= 0.6 is 0 Å². The molecule has 0 amide bonds. The Morgan fingerprint density at radius 2 is 1.76 bits per heavy atom. The van der Waals surface area contributed by atoms with E-state index in [1.54, 1.807) is 12.1 Å². The van der Waals surface area contributed by atoms with E-state index in [0.29, 0.717) is 36.0 Å². The van der Waals surface area contributed by atoms with Gasteiger partial charge in [-0.05, 0) is 57.1 Å². The summed E-state index contributed by atoms with van der Waals surface area (Å²) in [4.78, 5) is 39.0. The molecule has 0 N–H and O–H groups in total. The number of ketones is 1. The molecule has 0 bridgehead atoms. The standard InChI is InChI=1S/C23H25NO5/c1-15(25)28-20-14-18(29-21(26)9-6-12-24(2)3)13-17-11-10-16-7-4-5-8-19(16)23(27)22(17)20/h4-5,7-8,13-14H,6,9-12H2,1-3H3. The van der Waals surface area contributed by atoms with Gasteiger partial charge in [0.25, 0.3) is 0 Å². The molecule has 0 heterocycles. The molecule has 29 heavy (non-hydrogen) atoms. The molecule has 0 aromatic heterocycles. The number of rotatable bonds is 6. The summed E-state index contributed by atoms with van der Waals surface area (Å²) in [5, 5.41) is 0. The Morgan fingerprint density at radius 3 is 2.48 bits per heavy atom. The van der Waals surface area contributed by atoms with Crippen LogP contribution in [0.1, 0.15) is 46.8 Å². The molecule has 0 saturated heterocycles. The monoisotopic (exact) mass is 395 g/mol. The van der Waals surface area contributed by atoms with Crippen molar-refractivity contribution < 1.29 is 23.9 Å². The van der Waals surface area contributed by atoms with Crippen molar-refractivity contribution in [3.05, 3.63) is 58.7 Å². The maximum absolute atomic E-state index is 13.2. The molecule has 6 heteroatoms. The average molecular weight is 395 g/mol. The van der Waals surface area contributed by atoms with Gasteiger partial charge in [0, 0.05) is 25.0 Å². The van der Waals surface area contributed by atoms with Gasteiger partial charge in [0.05, 0.1) is 5.56 Å². The van der Waals surface area contributed by atoms with Crippen LogP contribution in [0, 0.1) is 0 Å². The summed E-state index contributed by atoms with van der Waals surface area (Å²) >= 11 is 0. The van der Waals surface area contributed by atoms with Crippen molar-refractivity contribution in [3.8, 4) is 11.5 Å². The SMILES string of the molecule is CC(=O)Oc1cc(OC(=O)CCCN(C)C)cc2c1C(=O)c1ccccc1CC2. The molecule has 1 aliphatic rings. The van der Waals surface area contributed by atoms with Crippen molar-refractivity contribution in [1.29, 1.82) is 0 Å². The molecule has 0 aliphatic heterocycles. The molecule has 0 unspecified atom stereocenters. The highest BCUT2D eigenvalue weighted by molar-refractivity contribution is 6.13. The summed E-state index contributed by atoms with van der Waals surface area (Å²) in [7, 11) is 3.89. The minimum Gasteiger partial charge on any atom is -0.426 e. The molecule has 3 rings (SSSR count). The first-order valence-corrected chi connectivity index (χ1v) is 9.68. The first-order valence-electron chi connectivity index (χ1n) is 9.68. The largest absolute Gasteiger partial charge is 0.426 e. The van der Waals surface area contributed by atoms with Gasteiger partial charge in [-0.25, -0.2) is 0 Å². The molecule has 0 radical (unpaired) electrons. The predicted octanol–water partition coefficient (Wildman–Crippen LogP) is 3.19. The third-order valence-electron chi connectivity index (χ3n) is 4.78. The van der Waals surface area contributed by atoms with E-state index in [0.717, 1.165) is 12.1 Å². The minimum absolute atomic E-state index is 0.132. The van der Waals surface area contributed by atoms with Crippen LogP contribution in [-0.2, 0) is 22.4 Å². The van der Waals surface area contributed by atoms with Crippen LogP contribution in [0.2, 0.25) is 0 Å². The van der Waals surface area contributed by atoms with Crippen molar-refractivity contribution in [2.45, 2.75) is 32.6 Å². The number of ether oxygens (including phenoxy) is 2. The Kier molecular flexibility index (Phi) is 6.44. The zero-order valence-corrected chi connectivity index (χ0v) is 17.0. The van der Waals surface area contributed by atoms with E-state index >= 15 is 0 Å². The lowest BCUT2D eigenvalue weighted by Gasteiger charge is -2.14. The summed E-state index contributed by atoms with van der Waals surface area (Å²) < 4.78 is 10.8. The summed E-state index contributed by atoms with van der Waals surface area (Å²) in [5.41, 5.74) is 2.62. The number of nitrogens with zero attached hydrogens (tertiary/aromatic N) is 1. The maximum Gasteiger partial charge on any atom is 0.311 e. The van der Waals surface area contributed by atoms with Gasteiger partial charge in [0.15, 0.2) is 5.78 Å². The summed E-state index contributed by atoms with van der Waals surface area (Å²) in [6, 6.07) is 10.6. The van der Waals surface area contributed by atoms with E-state index in [2.05, 4.69) is 0 Å². The zero-order valence-electron chi connectivity index (χ0n) is 17.0. The molecule has 2 aromatic carbocycles. The van der Waals surface area contributed by atoms with Crippen molar-refractivity contribution in [1.82, 2.24) is 4.90 Å². The predicted molar refractivity (Wildman–Crippen MR) is 108 cm³/mol. The Balaban J connectivity index is 1.92. The van der Waals surface area contributed by atoms with Crippen molar-refractivity contribution in [2.24, 2.45) is 0 Å². The Bertz CT molecular complexity index is 948. The molecule has 152 valence electrons. The number of benzene rings is 2. The normalized spacial score (nSPS) is 12.8. The van der Waals surface area contributed by atoms with Crippen molar-refractivity contribution >= 4 is 17.7 Å². The van der Waals surface area contributed by atoms with Crippen molar-refractivity contribution in [2.75, 3.05) is 20.6 Å². The van der Waals surface area contributed by atoms with E-state index < -0.39 is 5.97 Å². The zero-order chi connectivity index (χ0) is 21.0. The van der Waals surface area contributed by atoms with Crippen LogP contribution in [0.25, 0.3) is 0 Å². The molecule has 6 nitrogen and oxygen atoms in total. The van der Waals surface area contributed by atoms with Crippen LogP contribution in [0.4, 0.5) is 0 Å². The molecule has 0 atom stereocenters. The summed E-state index contributed by atoms with van der Waals surface area (Å²) in [6.07, 6.45) is 2.22. The fourth-order valence-corrected chi connectivity index (χ4v) is 3.48. The number of fused-ring (bicyclic) bond motifs is 2. The fraction of sp³-hybridized carbons (Fsp3) is 0.348. The summed E-state index contributed by atoms with van der Waals surface area (Å²) in [5.74, 6) is -0.662. The Hall–Kier alpha value is -2.99. The van der Waals surface area contributed by atoms with Gasteiger partial charge < -0.3 is 14.4 Å². The van der Waals surface area contributed by atoms with Gasteiger partial charge in [-0.2, -0.15) is 0 Å². The maximum atomic E-state index is 13.2.